The van der Waals surface area contributed by atoms with E-state index in [0.29, 0.717) is 0 Å². The summed E-state index contributed by atoms with van der Waals surface area (Å²) in [6.45, 7) is 1.73. The molecule has 0 heterocycles. The Bertz CT molecular complexity index is 884. The molecule has 2 rings (SSSR count). The van der Waals surface area contributed by atoms with Crippen LogP contribution in [-0.4, -0.2) is 31.2 Å². The van der Waals surface area contributed by atoms with Gasteiger partial charge < -0.3 is 14.8 Å². The van der Waals surface area contributed by atoms with Crippen LogP contribution in [0.25, 0.3) is 0 Å². The normalized spacial score (nSPS) is 11.2. The lowest BCUT2D eigenvalue weighted by Crippen LogP contribution is -2.15. The third kappa shape index (κ3) is 5.19. The molecule has 0 aromatic heterocycles. The number of nitro groups is 1. The molecule has 0 fully saturated rings. The van der Waals surface area contributed by atoms with Gasteiger partial charge in [0.1, 0.15) is 12.4 Å². The molecule has 7 nitrogen and oxygen atoms in total. The van der Waals surface area contributed by atoms with E-state index in [4.69, 9.17) is 9.47 Å². The lowest BCUT2D eigenvalue weighted by atomic mass is 10.1. The summed E-state index contributed by atoms with van der Waals surface area (Å²) in [5.74, 6) is -0.689. The highest BCUT2D eigenvalue weighted by atomic mass is 19.4. The van der Waals surface area contributed by atoms with Crippen LogP contribution in [-0.2, 0) is 10.9 Å². The van der Waals surface area contributed by atoms with E-state index in [9.17, 15) is 28.1 Å². The van der Waals surface area contributed by atoms with Crippen molar-refractivity contribution in [1.29, 1.82) is 0 Å². The molecule has 0 saturated carbocycles. The first-order valence-electron chi connectivity index (χ1n) is 8.03. The number of hydrogen-bond acceptors (Lipinski definition) is 5. The first-order chi connectivity index (χ1) is 13.1. The van der Waals surface area contributed by atoms with Gasteiger partial charge >= 0.3 is 6.18 Å². The SMILES string of the molecule is COCCOc1ccc(C(F)(F)F)cc1NC(=O)c1ccc([N+](=O)[O-])c(C)c1. The van der Waals surface area contributed by atoms with E-state index in [-0.39, 0.29) is 41.5 Å². The predicted octanol–water partition coefficient (Wildman–Crippen LogP) is 4.20. The predicted molar refractivity (Wildman–Crippen MR) is 94.6 cm³/mol. The van der Waals surface area contributed by atoms with Crippen LogP contribution in [0.2, 0.25) is 0 Å². The first-order valence-corrected chi connectivity index (χ1v) is 8.03. The summed E-state index contributed by atoms with van der Waals surface area (Å²) in [4.78, 5) is 22.7. The molecule has 0 aliphatic heterocycles. The van der Waals surface area contributed by atoms with E-state index in [2.05, 4.69) is 5.32 Å². The summed E-state index contributed by atoms with van der Waals surface area (Å²) in [6.07, 6.45) is -4.60. The van der Waals surface area contributed by atoms with Crippen LogP contribution in [0.3, 0.4) is 0 Å². The number of carbonyl (C=O) groups is 1. The van der Waals surface area contributed by atoms with Gasteiger partial charge in [-0.05, 0) is 37.3 Å². The highest BCUT2D eigenvalue weighted by molar-refractivity contribution is 6.05. The van der Waals surface area contributed by atoms with Crippen LogP contribution in [0, 0.1) is 17.0 Å². The minimum absolute atomic E-state index is 0.0389. The van der Waals surface area contributed by atoms with Crippen molar-refractivity contribution in [1.82, 2.24) is 0 Å². The number of anilines is 1. The standard InChI is InChI=1S/C18H17F3N2O5/c1-11-9-12(3-5-15(11)23(25)26)17(24)22-14-10-13(18(19,20)21)4-6-16(14)28-8-7-27-2/h3-6,9-10H,7-8H2,1-2H3,(H,22,24). The van der Waals surface area contributed by atoms with Gasteiger partial charge in [0, 0.05) is 24.3 Å². The monoisotopic (exact) mass is 398 g/mol. The summed E-state index contributed by atoms with van der Waals surface area (Å²) < 4.78 is 49.2. The number of nitro benzene ring substituents is 1. The third-order valence-electron chi connectivity index (χ3n) is 3.76. The maximum absolute atomic E-state index is 13.0. The minimum atomic E-state index is -4.60. The number of hydrogen-bond donors (Lipinski definition) is 1. The Balaban J connectivity index is 2.32. The highest BCUT2D eigenvalue weighted by Gasteiger charge is 2.31. The van der Waals surface area contributed by atoms with Gasteiger partial charge in [-0.1, -0.05) is 0 Å². The molecular formula is C18H17F3N2O5. The Labute approximate surface area is 158 Å². The number of carbonyl (C=O) groups excluding carboxylic acids is 1. The highest BCUT2D eigenvalue weighted by Crippen LogP contribution is 2.35. The molecule has 2 aromatic carbocycles. The molecule has 150 valence electrons. The van der Waals surface area contributed by atoms with Crippen LogP contribution in [0.4, 0.5) is 24.5 Å². The zero-order valence-corrected chi connectivity index (χ0v) is 15.0. The molecule has 0 atom stereocenters. The number of alkyl halides is 3. The van der Waals surface area contributed by atoms with Crippen LogP contribution in [0.15, 0.2) is 36.4 Å². The van der Waals surface area contributed by atoms with Crippen molar-refractivity contribution in [3.63, 3.8) is 0 Å². The van der Waals surface area contributed by atoms with Gasteiger partial charge in [-0.15, -0.1) is 0 Å². The van der Waals surface area contributed by atoms with Gasteiger partial charge in [-0.25, -0.2) is 0 Å². The molecule has 10 heteroatoms. The quantitative estimate of drug-likeness (QED) is 0.429. The summed E-state index contributed by atoms with van der Waals surface area (Å²) >= 11 is 0. The molecule has 0 unspecified atom stereocenters. The van der Waals surface area contributed by atoms with Gasteiger partial charge in [0.25, 0.3) is 11.6 Å². The number of ether oxygens (including phenoxy) is 2. The van der Waals surface area contributed by atoms with Gasteiger partial charge in [-0.2, -0.15) is 13.2 Å². The molecule has 0 aliphatic rings. The Morgan fingerprint density at radius 2 is 1.89 bits per heavy atom. The molecule has 0 bridgehead atoms. The summed E-state index contributed by atoms with van der Waals surface area (Å²) in [5, 5.41) is 13.2. The van der Waals surface area contributed by atoms with Crippen LogP contribution < -0.4 is 10.1 Å². The Morgan fingerprint density at radius 3 is 2.46 bits per heavy atom. The average Bonchev–Trinajstić information content (AvgIpc) is 2.61. The van der Waals surface area contributed by atoms with Gasteiger partial charge in [0.15, 0.2) is 0 Å². The Hall–Kier alpha value is -3.14. The van der Waals surface area contributed by atoms with Crippen molar-refractivity contribution >= 4 is 17.3 Å². The number of methoxy groups -OCH3 is 1. The van der Waals surface area contributed by atoms with Crippen LogP contribution >= 0.6 is 0 Å². The fourth-order valence-corrected chi connectivity index (χ4v) is 2.36. The smallest absolute Gasteiger partial charge is 0.416 e. The number of halogens is 3. The van der Waals surface area contributed by atoms with Crippen molar-refractivity contribution in [2.24, 2.45) is 0 Å². The topological polar surface area (TPSA) is 90.7 Å². The van der Waals surface area contributed by atoms with Gasteiger partial charge in [0.2, 0.25) is 0 Å². The maximum Gasteiger partial charge on any atom is 0.416 e. The molecular weight excluding hydrogens is 381 g/mol. The van der Waals surface area contributed by atoms with E-state index in [0.717, 1.165) is 24.3 Å². The second-order valence-corrected chi connectivity index (χ2v) is 5.76. The molecule has 1 amide bonds. The number of rotatable bonds is 7. The fraction of sp³-hybridized carbons (Fsp3) is 0.278. The lowest BCUT2D eigenvalue weighted by Gasteiger charge is -2.15. The molecule has 2 aromatic rings. The lowest BCUT2D eigenvalue weighted by molar-refractivity contribution is -0.385. The second kappa shape index (κ2) is 8.70. The van der Waals surface area contributed by atoms with Gasteiger partial charge in [-0.3, -0.25) is 14.9 Å². The first kappa shape index (κ1) is 21.2. The molecule has 0 spiro atoms. The van der Waals surface area contributed by atoms with Crippen molar-refractivity contribution in [2.45, 2.75) is 13.1 Å². The summed E-state index contributed by atoms with van der Waals surface area (Å²) in [5.41, 5.74) is -0.991. The number of aryl methyl sites for hydroxylation is 1. The summed E-state index contributed by atoms with van der Waals surface area (Å²) in [6, 6.07) is 6.37. The second-order valence-electron chi connectivity index (χ2n) is 5.76. The van der Waals surface area contributed by atoms with E-state index in [1.165, 1.54) is 26.2 Å². The number of nitrogens with one attached hydrogen (secondary N) is 1. The number of nitrogens with zero attached hydrogens (tertiary/aromatic N) is 1. The van der Waals surface area contributed by atoms with Crippen LogP contribution in [0.5, 0.6) is 5.75 Å². The van der Waals surface area contributed by atoms with Crippen molar-refractivity contribution in [3.8, 4) is 5.75 Å². The minimum Gasteiger partial charge on any atom is -0.489 e. The molecule has 0 aliphatic carbocycles. The van der Waals surface area contributed by atoms with Crippen molar-refractivity contribution in [2.75, 3.05) is 25.6 Å². The fourth-order valence-electron chi connectivity index (χ4n) is 2.36. The van der Waals surface area contributed by atoms with Crippen molar-refractivity contribution < 1.29 is 32.4 Å². The van der Waals surface area contributed by atoms with E-state index in [1.807, 2.05) is 0 Å². The van der Waals surface area contributed by atoms with Crippen molar-refractivity contribution in [3.05, 3.63) is 63.2 Å². The average molecular weight is 398 g/mol. The zero-order valence-electron chi connectivity index (χ0n) is 15.0. The Morgan fingerprint density at radius 1 is 1.18 bits per heavy atom. The molecule has 1 N–H and O–H groups in total. The molecule has 0 radical (unpaired) electrons. The summed E-state index contributed by atoms with van der Waals surface area (Å²) in [7, 11) is 1.44. The largest absolute Gasteiger partial charge is 0.489 e. The number of benzene rings is 2. The van der Waals surface area contributed by atoms with E-state index in [1.54, 1.807) is 0 Å². The third-order valence-corrected chi connectivity index (χ3v) is 3.76. The molecule has 28 heavy (non-hydrogen) atoms. The zero-order chi connectivity index (χ0) is 20.9. The Kier molecular flexibility index (Phi) is 6.57. The number of amides is 1. The van der Waals surface area contributed by atoms with Crippen LogP contribution in [0.1, 0.15) is 21.5 Å². The molecule has 0 saturated heterocycles. The van der Waals surface area contributed by atoms with Gasteiger partial charge in [0.05, 0.1) is 22.8 Å². The van der Waals surface area contributed by atoms with E-state index >= 15 is 0 Å². The van der Waals surface area contributed by atoms with E-state index < -0.39 is 22.6 Å². The maximum atomic E-state index is 13.0.